The highest BCUT2D eigenvalue weighted by atomic mass is 15.3. The largest absolute Gasteiger partial charge is 0.273 e. The van der Waals surface area contributed by atoms with Gasteiger partial charge in [-0.1, -0.05) is 0 Å². The van der Waals surface area contributed by atoms with Crippen molar-refractivity contribution < 1.29 is 0 Å². The average Bonchev–Trinajstić information content (AvgIpc) is 1.98. The van der Waals surface area contributed by atoms with Gasteiger partial charge in [0, 0.05) is 12.7 Å². The standard InChI is InChI=1S/C6H10N2/c1-5-4-7-8(3)6(5)2/h4H,1-3H3. The minimum absolute atomic E-state index is 1.24. The van der Waals surface area contributed by atoms with Crippen LogP contribution in [-0.4, -0.2) is 9.78 Å². The molecule has 0 radical (unpaired) electrons. The topological polar surface area (TPSA) is 17.8 Å². The van der Waals surface area contributed by atoms with Gasteiger partial charge in [-0.25, -0.2) is 0 Å². The van der Waals surface area contributed by atoms with Crippen LogP contribution in [0, 0.1) is 13.8 Å². The molecule has 0 saturated heterocycles. The van der Waals surface area contributed by atoms with E-state index in [4.69, 9.17) is 0 Å². The maximum Gasteiger partial charge on any atom is 0.0521 e. The summed E-state index contributed by atoms with van der Waals surface area (Å²) in [5.41, 5.74) is 2.50. The van der Waals surface area contributed by atoms with Crippen molar-refractivity contribution in [3.63, 3.8) is 0 Å². The van der Waals surface area contributed by atoms with E-state index in [0.717, 1.165) is 0 Å². The number of rotatable bonds is 0. The van der Waals surface area contributed by atoms with Gasteiger partial charge in [-0.2, -0.15) is 5.10 Å². The van der Waals surface area contributed by atoms with Crippen molar-refractivity contribution in [1.82, 2.24) is 9.78 Å². The fourth-order valence-electron chi connectivity index (χ4n) is 0.608. The summed E-state index contributed by atoms with van der Waals surface area (Å²) in [6.45, 7) is 4.12. The molecule has 2 heteroatoms. The molecule has 0 N–H and O–H groups in total. The summed E-state index contributed by atoms with van der Waals surface area (Å²) in [4.78, 5) is 0. The first-order valence-corrected chi connectivity index (χ1v) is 2.67. The Morgan fingerprint density at radius 1 is 1.50 bits per heavy atom. The smallest absolute Gasteiger partial charge is 0.0521 e. The molecule has 0 aromatic carbocycles. The zero-order valence-corrected chi connectivity index (χ0v) is 5.47. The number of hydrogen-bond acceptors (Lipinski definition) is 1. The van der Waals surface area contributed by atoms with E-state index in [9.17, 15) is 0 Å². The molecule has 0 amide bonds. The van der Waals surface area contributed by atoms with Gasteiger partial charge in [0.25, 0.3) is 0 Å². The predicted molar refractivity (Wildman–Crippen MR) is 32.7 cm³/mol. The monoisotopic (exact) mass is 110 g/mol. The third kappa shape index (κ3) is 0.619. The third-order valence-corrected chi connectivity index (χ3v) is 1.48. The van der Waals surface area contributed by atoms with Gasteiger partial charge >= 0.3 is 0 Å². The van der Waals surface area contributed by atoms with Crippen molar-refractivity contribution in [3.05, 3.63) is 17.5 Å². The lowest BCUT2D eigenvalue weighted by atomic mass is 10.3. The summed E-state index contributed by atoms with van der Waals surface area (Å²) in [6.07, 6.45) is 1.87. The van der Waals surface area contributed by atoms with Crippen molar-refractivity contribution >= 4 is 0 Å². The van der Waals surface area contributed by atoms with Crippen molar-refractivity contribution in [2.45, 2.75) is 13.8 Å². The fraction of sp³-hybridized carbons (Fsp3) is 0.500. The summed E-state index contributed by atoms with van der Waals surface area (Å²) >= 11 is 0. The van der Waals surface area contributed by atoms with E-state index < -0.39 is 0 Å². The van der Waals surface area contributed by atoms with E-state index in [1.165, 1.54) is 11.3 Å². The molecule has 2 nitrogen and oxygen atoms in total. The summed E-state index contributed by atoms with van der Waals surface area (Å²) in [7, 11) is 1.95. The third-order valence-electron chi connectivity index (χ3n) is 1.48. The molecular formula is C6H10N2. The van der Waals surface area contributed by atoms with E-state index >= 15 is 0 Å². The lowest BCUT2D eigenvalue weighted by molar-refractivity contribution is 0.739. The number of aryl methyl sites for hydroxylation is 2. The fourth-order valence-corrected chi connectivity index (χ4v) is 0.608. The van der Waals surface area contributed by atoms with Crippen LogP contribution >= 0.6 is 0 Å². The molecule has 0 saturated carbocycles. The van der Waals surface area contributed by atoms with Crippen molar-refractivity contribution in [2.75, 3.05) is 0 Å². The van der Waals surface area contributed by atoms with E-state index in [2.05, 4.69) is 18.9 Å². The Morgan fingerprint density at radius 2 is 2.12 bits per heavy atom. The molecule has 0 aliphatic heterocycles. The zero-order valence-electron chi connectivity index (χ0n) is 5.47. The molecule has 1 heterocycles. The molecule has 0 fully saturated rings. The second-order valence-electron chi connectivity index (χ2n) is 2.04. The first-order valence-electron chi connectivity index (χ1n) is 2.67. The van der Waals surface area contributed by atoms with E-state index in [1.54, 1.807) is 0 Å². The highest BCUT2D eigenvalue weighted by molar-refractivity contribution is 5.12. The molecule has 0 unspecified atom stereocenters. The van der Waals surface area contributed by atoms with Crippen LogP contribution in [0.2, 0.25) is 0 Å². The molecule has 1 aromatic heterocycles. The second-order valence-corrected chi connectivity index (χ2v) is 2.04. The van der Waals surface area contributed by atoms with Gasteiger partial charge in [0.15, 0.2) is 0 Å². The summed E-state index contributed by atoms with van der Waals surface area (Å²) in [5.74, 6) is 0. The van der Waals surface area contributed by atoms with Crippen molar-refractivity contribution in [2.24, 2.45) is 7.05 Å². The van der Waals surface area contributed by atoms with Crippen LogP contribution in [-0.2, 0) is 7.05 Å². The Labute approximate surface area is 49.1 Å². The van der Waals surface area contributed by atoms with Crippen LogP contribution in [0.3, 0.4) is 0 Å². The Hall–Kier alpha value is -0.790. The Bertz CT molecular complexity index is 169. The van der Waals surface area contributed by atoms with Crippen LogP contribution < -0.4 is 0 Å². The van der Waals surface area contributed by atoms with Gasteiger partial charge in [-0.15, -0.1) is 0 Å². The molecule has 1 rings (SSSR count). The number of aromatic nitrogens is 2. The summed E-state index contributed by atoms with van der Waals surface area (Å²) in [5, 5.41) is 4.03. The molecular weight excluding hydrogens is 100 g/mol. The minimum Gasteiger partial charge on any atom is -0.273 e. The second kappa shape index (κ2) is 1.62. The van der Waals surface area contributed by atoms with Crippen LogP contribution in [0.5, 0.6) is 0 Å². The van der Waals surface area contributed by atoms with Crippen LogP contribution in [0.1, 0.15) is 11.3 Å². The Kier molecular flexibility index (Phi) is 1.08. The minimum atomic E-state index is 1.24. The van der Waals surface area contributed by atoms with Crippen LogP contribution in [0.15, 0.2) is 6.20 Å². The van der Waals surface area contributed by atoms with Crippen molar-refractivity contribution in [3.8, 4) is 0 Å². The van der Waals surface area contributed by atoms with Gasteiger partial charge in [-0.3, -0.25) is 4.68 Å². The van der Waals surface area contributed by atoms with E-state index in [1.807, 2.05) is 17.9 Å². The number of hydrogen-bond donors (Lipinski definition) is 0. The van der Waals surface area contributed by atoms with E-state index in [-0.39, 0.29) is 0 Å². The Balaban J connectivity index is 3.19. The van der Waals surface area contributed by atoms with Crippen LogP contribution in [0.4, 0.5) is 0 Å². The first kappa shape index (κ1) is 5.35. The molecule has 0 aliphatic carbocycles. The Morgan fingerprint density at radius 3 is 2.25 bits per heavy atom. The van der Waals surface area contributed by atoms with Gasteiger partial charge in [0.1, 0.15) is 0 Å². The van der Waals surface area contributed by atoms with Gasteiger partial charge in [0.2, 0.25) is 0 Å². The molecule has 0 spiro atoms. The maximum atomic E-state index is 4.03. The zero-order chi connectivity index (χ0) is 6.15. The first-order chi connectivity index (χ1) is 3.72. The van der Waals surface area contributed by atoms with Gasteiger partial charge < -0.3 is 0 Å². The molecule has 0 atom stereocenters. The number of nitrogens with zero attached hydrogens (tertiary/aromatic N) is 2. The lowest BCUT2D eigenvalue weighted by Crippen LogP contribution is -1.91. The molecule has 0 bridgehead atoms. The normalized spacial score (nSPS) is 9.88. The molecule has 1 aromatic rings. The summed E-state index contributed by atoms with van der Waals surface area (Å²) in [6, 6.07) is 0. The SMILES string of the molecule is Cc1cnn(C)c1C. The maximum absolute atomic E-state index is 4.03. The van der Waals surface area contributed by atoms with E-state index in [0.29, 0.717) is 0 Å². The summed E-state index contributed by atoms with van der Waals surface area (Å²) < 4.78 is 1.87. The average molecular weight is 110 g/mol. The van der Waals surface area contributed by atoms with Gasteiger partial charge in [-0.05, 0) is 19.4 Å². The van der Waals surface area contributed by atoms with Crippen molar-refractivity contribution in [1.29, 1.82) is 0 Å². The predicted octanol–water partition coefficient (Wildman–Crippen LogP) is 1.04. The highest BCUT2D eigenvalue weighted by Crippen LogP contribution is 2.00. The molecule has 8 heavy (non-hydrogen) atoms. The molecule has 0 aliphatic rings. The highest BCUT2D eigenvalue weighted by Gasteiger charge is 1.93. The van der Waals surface area contributed by atoms with Crippen LogP contribution in [0.25, 0.3) is 0 Å². The molecule has 44 valence electrons. The van der Waals surface area contributed by atoms with Gasteiger partial charge in [0.05, 0.1) is 6.20 Å². The lowest BCUT2D eigenvalue weighted by Gasteiger charge is -1.90. The quantitative estimate of drug-likeness (QED) is 0.488.